The van der Waals surface area contributed by atoms with Crippen LogP contribution in [0.2, 0.25) is 0 Å². The molecular formula is C27H33FN2O2S. The maximum atomic E-state index is 13.5. The lowest BCUT2D eigenvalue weighted by Crippen LogP contribution is -2.34. The van der Waals surface area contributed by atoms with Crippen LogP contribution in [0, 0.1) is 5.82 Å². The number of hydrogen-bond donors (Lipinski definition) is 0. The summed E-state index contributed by atoms with van der Waals surface area (Å²) >= 11 is 1.95. The van der Waals surface area contributed by atoms with Crippen LogP contribution in [-0.4, -0.2) is 41.9 Å². The first-order chi connectivity index (χ1) is 16.0. The van der Waals surface area contributed by atoms with Crippen LogP contribution in [0.25, 0.3) is 11.0 Å². The number of hydrogen-bond acceptors (Lipinski definition) is 4. The Balaban J connectivity index is 1.21. The van der Waals surface area contributed by atoms with Crippen LogP contribution in [0.15, 0.2) is 28.9 Å². The zero-order valence-corrected chi connectivity index (χ0v) is 20.5. The van der Waals surface area contributed by atoms with Gasteiger partial charge in [0.05, 0.1) is 12.8 Å². The second-order valence-corrected chi connectivity index (χ2v) is 10.7. The topological polar surface area (TPSA) is 36.7 Å². The summed E-state index contributed by atoms with van der Waals surface area (Å²) in [5, 5.41) is 1.06. The molecule has 1 fully saturated rings. The summed E-state index contributed by atoms with van der Waals surface area (Å²) in [7, 11) is 0. The standard InChI is InChI=1S/C27H33FN2O2S/c1-3-21-23-5-4-11-30(18(2)31)16-27(23)33-26(21)10-14-29-12-8-19(9-13-29)24-17-32-25-15-20(28)6-7-22(24)25/h6-7,15,17,19H,3-5,8-14,16H2,1-2H3. The van der Waals surface area contributed by atoms with E-state index in [0.29, 0.717) is 11.5 Å². The van der Waals surface area contributed by atoms with E-state index >= 15 is 0 Å². The molecule has 3 aromatic rings. The molecule has 4 heterocycles. The second kappa shape index (κ2) is 9.59. The van der Waals surface area contributed by atoms with Crippen LogP contribution in [0.1, 0.15) is 65.5 Å². The van der Waals surface area contributed by atoms with E-state index in [0.717, 1.165) is 76.6 Å². The number of carbonyl (C=O) groups excluding carboxylic acids is 1. The Labute approximate surface area is 199 Å². The molecule has 33 heavy (non-hydrogen) atoms. The quantitative estimate of drug-likeness (QED) is 0.467. The van der Waals surface area contributed by atoms with Crippen LogP contribution in [-0.2, 0) is 30.6 Å². The van der Waals surface area contributed by atoms with Crippen molar-refractivity contribution in [3.63, 3.8) is 0 Å². The molecule has 0 radical (unpaired) electrons. The molecule has 0 N–H and O–H groups in total. The van der Waals surface area contributed by atoms with E-state index < -0.39 is 0 Å². The summed E-state index contributed by atoms with van der Waals surface area (Å²) < 4.78 is 19.1. The highest BCUT2D eigenvalue weighted by Gasteiger charge is 2.26. The van der Waals surface area contributed by atoms with Gasteiger partial charge in [-0.25, -0.2) is 4.39 Å². The number of likely N-dealkylation sites (tertiary alicyclic amines) is 1. The molecule has 5 rings (SSSR count). The summed E-state index contributed by atoms with van der Waals surface area (Å²) in [5.41, 5.74) is 4.96. The third kappa shape index (κ3) is 4.60. The molecule has 6 heteroatoms. The molecule has 0 unspecified atom stereocenters. The van der Waals surface area contributed by atoms with Gasteiger partial charge in [0.25, 0.3) is 0 Å². The summed E-state index contributed by atoms with van der Waals surface area (Å²) in [6.07, 6.45) is 8.41. The van der Waals surface area contributed by atoms with E-state index in [4.69, 9.17) is 4.42 Å². The first kappa shape index (κ1) is 22.6. The highest BCUT2D eigenvalue weighted by Crippen LogP contribution is 2.36. The van der Waals surface area contributed by atoms with E-state index in [-0.39, 0.29) is 11.7 Å². The molecular weight excluding hydrogens is 435 g/mol. The van der Waals surface area contributed by atoms with Gasteiger partial charge in [0.1, 0.15) is 11.4 Å². The first-order valence-electron chi connectivity index (χ1n) is 12.3. The maximum Gasteiger partial charge on any atom is 0.219 e. The highest BCUT2D eigenvalue weighted by atomic mass is 32.1. The Hall–Kier alpha value is -2.18. The molecule has 0 bridgehead atoms. The minimum absolute atomic E-state index is 0.189. The molecule has 2 aliphatic heterocycles. The van der Waals surface area contributed by atoms with Crippen molar-refractivity contribution in [2.45, 2.75) is 64.8 Å². The Morgan fingerprint density at radius 2 is 2.06 bits per heavy atom. The van der Waals surface area contributed by atoms with Gasteiger partial charge in [0.2, 0.25) is 5.91 Å². The van der Waals surface area contributed by atoms with Gasteiger partial charge in [-0.15, -0.1) is 11.3 Å². The monoisotopic (exact) mass is 468 g/mol. The Bertz CT molecular complexity index is 1140. The average Bonchev–Trinajstić information content (AvgIpc) is 3.30. The van der Waals surface area contributed by atoms with E-state index in [1.807, 2.05) is 28.6 Å². The SMILES string of the molecule is CCc1c(CCN2CCC(c3coc4cc(F)ccc34)CC2)sc2c1CCCN(C(C)=O)C2. The predicted octanol–water partition coefficient (Wildman–Crippen LogP) is 5.91. The second-order valence-electron chi connectivity index (χ2n) is 9.50. The van der Waals surface area contributed by atoms with Crippen molar-refractivity contribution in [2.24, 2.45) is 0 Å². The van der Waals surface area contributed by atoms with E-state index in [2.05, 4.69) is 11.8 Å². The summed E-state index contributed by atoms with van der Waals surface area (Å²) in [5.74, 6) is 0.424. The molecule has 1 aromatic carbocycles. The number of halogens is 1. The molecule has 1 amide bonds. The smallest absolute Gasteiger partial charge is 0.219 e. The van der Waals surface area contributed by atoms with Gasteiger partial charge >= 0.3 is 0 Å². The number of carbonyl (C=O) groups is 1. The third-order valence-electron chi connectivity index (χ3n) is 7.52. The molecule has 2 aliphatic rings. The van der Waals surface area contributed by atoms with E-state index in [1.54, 1.807) is 12.5 Å². The van der Waals surface area contributed by atoms with E-state index in [1.165, 1.54) is 33.0 Å². The normalized spacial score (nSPS) is 18.0. The van der Waals surface area contributed by atoms with Crippen LogP contribution >= 0.6 is 11.3 Å². The lowest BCUT2D eigenvalue weighted by atomic mass is 9.89. The van der Waals surface area contributed by atoms with Gasteiger partial charge in [-0.05, 0) is 80.8 Å². The summed E-state index contributed by atoms with van der Waals surface area (Å²) in [4.78, 5) is 19.5. The molecule has 2 aromatic heterocycles. The van der Waals surface area contributed by atoms with Gasteiger partial charge in [-0.1, -0.05) is 6.92 Å². The Morgan fingerprint density at radius 3 is 2.82 bits per heavy atom. The molecule has 0 spiro atoms. The van der Waals surface area contributed by atoms with Crippen molar-refractivity contribution in [1.29, 1.82) is 0 Å². The van der Waals surface area contributed by atoms with Crippen molar-refractivity contribution < 1.29 is 13.6 Å². The third-order valence-corrected chi connectivity index (χ3v) is 8.84. The number of rotatable bonds is 5. The molecule has 0 saturated carbocycles. The van der Waals surface area contributed by atoms with Crippen molar-refractivity contribution in [3.8, 4) is 0 Å². The average molecular weight is 469 g/mol. The van der Waals surface area contributed by atoms with Crippen molar-refractivity contribution in [1.82, 2.24) is 9.80 Å². The fraction of sp³-hybridized carbons (Fsp3) is 0.519. The number of nitrogens with zero attached hydrogens (tertiary/aromatic N) is 2. The van der Waals surface area contributed by atoms with Crippen LogP contribution in [0.4, 0.5) is 4.39 Å². The minimum atomic E-state index is -0.246. The fourth-order valence-electron chi connectivity index (χ4n) is 5.67. The number of fused-ring (bicyclic) bond motifs is 2. The molecule has 4 nitrogen and oxygen atoms in total. The molecule has 176 valence electrons. The van der Waals surface area contributed by atoms with E-state index in [9.17, 15) is 9.18 Å². The van der Waals surface area contributed by atoms with Crippen LogP contribution in [0.5, 0.6) is 0 Å². The van der Waals surface area contributed by atoms with Crippen LogP contribution in [0.3, 0.4) is 0 Å². The van der Waals surface area contributed by atoms with Gasteiger partial charge < -0.3 is 14.2 Å². The number of furan rings is 1. The highest BCUT2D eigenvalue weighted by molar-refractivity contribution is 7.12. The lowest BCUT2D eigenvalue weighted by Gasteiger charge is -2.31. The first-order valence-corrected chi connectivity index (χ1v) is 13.1. The maximum absolute atomic E-state index is 13.5. The fourth-order valence-corrected chi connectivity index (χ4v) is 7.12. The number of thiophene rings is 1. The van der Waals surface area contributed by atoms with Crippen molar-refractivity contribution in [2.75, 3.05) is 26.2 Å². The number of amides is 1. The largest absolute Gasteiger partial charge is 0.464 e. The van der Waals surface area contributed by atoms with Crippen LogP contribution < -0.4 is 0 Å². The lowest BCUT2D eigenvalue weighted by molar-refractivity contribution is -0.129. The predicted molar refractivity (Wildman–Crippen MR) is 131 cm³/mol. The van der Waals surface area contributed by atoms with Crippen molar-refractivity contribution >= 4 is 28.2 Å². The summed E-state index contributed by atoms with van der Waals surface area (Å²) in [6.45, 7) is 8.89. The number of benzene rings is 1. The van der Waals surface area contributed by atoms with Crippen molar-refractivity contribution in [3.05, 3.63) is 56.7 Å². The Kier molecular flexibility index (Phi) is 6.57. The molecule has 1 saturated heterocycles. The Morgan fingerprint density at radius 1 is 1.24 bits per heavy atom. The minimum Gasteiger partial charge on any atom is -0.464 e. The van der Waals surface area contributed by atoms with Gasteiger partial charge in [0.15, 0.2) is 0 Å². The molecule has 0 atom stereocenters. The zero-order chi connectivity index (χ0) is 22.9. The van der Waals surface area contributed by atoms with Gasteiger partial charge in [0, 0.05) is 46.8 Å². The summed E-state index contributed by atoms with van der Waals surface area (Å²) in [6, 6.07) is 4.87. The number of piperidine rings is 1. The molecule has 0 aliphatic carbocycles. The van der Waals surface area contributed by atoms with Gasteiger partial charge in [-0.2, -0.15) is 0 Å². The van der Waals surface area contributed by atoms with Gasteiger partial charge in [-0.3, -0.25) is 4.79 Å². The zero-order valence-electron chi connectivity index (χ0n) is 19.7.